The van der Waals surface area contributed by atoms with E-state index in [0.29, 0.717) is 23.4 Å². The molecule has 8 nitrogen and oxygen atoms in total. The number of nitrogens with one attached hydrogen (secondary N) is 2. The number of sulfonamides is 1. The lowest BCUT2D eigenvalue weighted by Gasteiger charge is -2.13. The van der Waals surface area contributed by atoms with E-state index in [1.165, 1.54) is 12.1 Å². The highest BCUT2D eigenvalue weighted by molar-refractivity contribution is 7.92. The third kappa shape index (κ3) is 4.60. The van der Waals surface area contributed by atoms with E-state index in [0.717, 1.165) is 0 Å². The van der Waals surface area contributed by atoms with Gasteiger partial charge in [0.05, 0.1) is 11.4 Å². The van der Waals surface area contributed by atoms with Gasteiger partial charge in [0.25, 0.3) is 5.91 Å². The first-order valence-corrected chi connectivity index (χ1v) is 9.13. The molecule has 0 saturated carbocycles. The topological polar surface area (TPSA) is 126 Å². The van der Waals surface area contributed by atoms with E-state index in [4.69, 9.17) is 9.52 Å². The van der Waals surface area contributed by atoms with Gasteiger partial charge in [-0.25, -0.2) is 13.2 Å². The Labute approximate surface area is 144 Å². The lowest BCUT2D eigenvalue weighted by molar-refractivity contribution is 0.0660. The average Bonchev–Trinajstić information content (AvgIpc) is 3.01. The van der Waals surface area contributed by atoms with Crippen LogP contribution in [0.4, 0.5) is 11.4 Å². The lowest BCUT2D eigenvalue weighted by Crippen LogP contribution is -2.18. The van der Waals surface area contributed by atoms with E-state index < -0.39 is 21.9 Å². The number of hydrogen-bond donors (Lipinski definition) is 3. The van der Waals surface area contributed by atoms with Crippen molar-refractivity contribution in [3.05, 3.63) is 47.4 Å². The zero-order valence-electron chi connectivity index (χ0n) is 13.7. The molecule has 25 heavy (non-hydrogen) atoms. The van der Waals surface area contributed by atoms with Gasteiger partial charge < -0.3 is 14.8 Å². The number of rotatable bonds is 7. The van der Waals surface area contributed by atoms with Crippen molar-refractivity contribution < 1.29 is 27.5 Å². The van der Waals surface area contributed by atoms with Crippen LogP contribution in [0, 0.1) is 6.92 Å². The Morgan fingerprint density at radius 3 is 2.36 bits per heavy atom. The number of carbonyl (C=O) groups is 2. The normalized spacial score (nSPS) is 11.1. The predicted molar refractivity (Wildman–Crippen MR) is 92.5 cm³/mol. The number of anilines is 2. The second-order valence-electron chi connectivity index (χ2n) is 5.32. The Morgan fingerprint density at radius 1 is 1.12 bits per heavy atom. The predicted octanol–water partition coefficient (Wildman–Crippen LogP) is 2.69. The fraction of sp³-hybridized carbons (Fsp3) is 0.250. The van der Waals surface area contributed by atoms with Crippen LogP contribution in [0.15, 0.2) is 34.7 Å². The molecule has 3 N–H and O–H groups in total. The molecule has 0 atom stereocenters. The van der Waals surface area contributed by atoms with Crippen LogP contribution in [0.25, 0.3) is 0 Å². The van der Waals surface area contributed by atoms with Crippen molar-refractivity contribution in [2.75, 3.05) is 15.8 Å². The summed E-state index contributed by atoms with van der Waals surface area (Å²) in [5.74, 6) is -2.42. The molecular formula is C16H18N2O6S. The molecule has 1 aromatic heterocycles. The van der Waals surface area contributed by atoms with Gasteiger partial charge in [0.1, 0.15) is 0 Å². The Kier molecular flexibility index (Phi) is 5.48. The summed E-state index contributed by atoms with van der Waals surface area (Å²) in [6.45, 7) is 3.42. The number of furan rings is 1. The quantitative estimate of drug-likeness (QED) is 0.692. The number of aromatic carboxylic acids is 1. The summed E-state index contributed by atoms with van der Waals surface area (Å²) in [4.78, 5) is 23.0. The first kappa shape index (κ1) is 18.5. The van der Waals surface area contributed by atoms with Crippen molar-refractivity contribution in [1.82, 2.24) is 0 Å². The van der Waals surface area contributed by atoms with Crippen molar-refractivity contribution in [2.45, 2.75) is 20.3 Å². The van der Waals surface area contributed by atoms with E-state index in [1.807, 2.05) is 0 Å². The molecule has 0 bridgehead atoms. The second kappa shape index (κ2) is 7.39. The van der Waals surface area contributed by atoms with E-state index in [2.05, 4.69) is 10.0 Å². The van der Waals surface area contributed by atoms with Crippen LogP contribution in [0.2, 0.25) is 0 Å². The van der Waals surface area contributed by atoms with Gasteiger partial charge in [-0.2, -0.15) is 0 Å². The maximum absolute atomic E-state index is 12.2. The minimum absolute atomic E-state index is 0.00656. The highest BCUT2D eigenvalue weighted by Gasteiger charge is 2.17. The smallest absolute Gasteiger partial charge is 0.371 e. The maximum atomic E-state index is 12.2. The molecule has 1 aromatic carbocycles. The lowest BCUT2D eigenvalue weighted by atomic mass is 10.1. The number of benzene rings is 1. The van der Waals surface area contributed by atoms with Crippen molar-refractivity contribution in [1.29, 1.82) is 0 Å². The van der Waals surface area contributed by atoms with Gasteiger partial charge in [0, 0.05) is 5.69 Å². The summed E-state index contributed by atoms with van der Waals surface area (Å²) in [5.41, 5.74) is 1.27. The van der Waals surface area contributed by atoms with E-state index in [1.54, 1.807) is 32.0 Å². The van der Waals surface area contributed by atoms with Gasteiger partial charge in [-0.3, -0.25) is 9.52 Å². The summed E-state index contributed by atoms with van der Waals surface area (Å²) in [6.07, 6.45) is 0.481. The fourth-order valence-corrected chi connectivity index (χ4v) is 3.32. The molecule has 1 amide bonds. The van der Waals surface area contributed by atoms with Gasteiger partial charge in [0.2, 0.25) is 15.8 Å². The van der Waals surface area contributed by atoms with Crippen molar-refractivity contribution >= 4 is 33.3 Å². The van der Waals surface area contributed by atoms with Crippen molar-refractivity contribution in [2.24, 2.45) is 0 Å². The number of amides is 1. The maximum Gasteiger partial charge on any atom is 0.371 e. The SMILES string of the molecule is CCCS(=O)(=O)Nc1cccc(NC(=O)c2ccc(C(=O)O)o2)c1C. The minimum Gasteiger partial charge on any atom is -0.475 e. The molecule has 0 aliphatic heterocycles. The zero-order chi connectivity index (χ0) is 18.6. The molecule has 0 radical (unpaired) electrons. The molecule has 0 aliphatic carbocycles. The molecular weight excluding hydrogens is 348 g/mol. The molecule has 0 aliphatic rings. The van der Waals surface area contributed by atoms with Gasteiger partial charge in [-0.05, 0) is 43.2 Å². The monoisotopic (exact) mass is 366 g/mol. The standard InChI is InChI=1S/C16H18N2O6S/c1-3-9-25(22,23)18-12-6-4-5-11(10(12)2)17-15(19)13-7-8-14(24-13)16(20)21/h4-8,18H,3,9H2,1-2H3,(H,17,19)(H,20,21). The van der Waals surface area contributed by atoms with Gasteiger partial charge in [-0.1, -0.05) is 13.0 Å². The van der Waals surface area contributed by atoms with E-state index in [-0.39, 0.29) is 17.3 Å². The van der Waals surface area contributed by atoms with Crippen molar-refractivity contribution in [3.63, 3.8) is 0 Å². The number of hydrogen-bond acceptors (Lipinski definition) is 5. The average molecular weight is 366 g/mol. The van der Waals surface area contributed by atoms with Crippen LogP contribution in [0.1, 0.15) is 40.0 Å². The summed E-state index contributed by atoms with van der Waals surface area (Å²) in [5, 5.41) is 11.4. The molecule has 134 valence electrons. The fourth-order valence-electron chi connectivity index (χ4n) is 2.13. The second-order valence-corrected chi connectivity index (χ2v) is 7.16. The Hall–Kier alpha value is -2.81. The van der Waals surface area contributed by atoms with Crippen LogP contribution in [-0.2, 0) is 10.0 Å². The molecule has 0 spiro atoms. The summed E-state index contributed by atoms with van der Waals surface area (Å²) in [7, 11) is -3.46. The molecule has 0 fully saturated rings. The molecule has 0 saturated heterocycles. The highest BCUT2D eigenvalue weighted by atomic mass is 32.2. The van der Waals surface area contributed by atoms with Gasteiger partial charge >= 0.3 is 5.97 Å². The van der Waals surface area contributed by atoms with Crippen LogP contribution >= 0.6 is 0 Å². The third-order valence-electron chi connectivity index (χ3n) is 3.36. The Balaban J connectivity index is 2.21. The van der Waals surface area contributed by atoms with E-state index >= 15 is 0 Å². The van der Waals surface area contributed by atoms with Crippen LogP contribution in [-0.4, -0.2) is 31.2 Å². The van der Waals surface area contributed by atoms with Crippen molar-refractivity contribution in [3.8, 4) is 0 Å². The third-order valence-corrected chi connectivity index (χ3v) is 4.84. The van der Waals surface area contributed by atoms with Gasteiger partial charge in [0.15, 0.2) is 5.76 Å². The number of carboxylic acid groups (broad SMARTS) is 1. The minimum atomic E-state index is -3.46. The van der Waals surface area contributed by atoms with E-state index in [9.17, 15) is 18.0 Å². The molecule has 2 aromatic rings. The largest absolute Gasteiger partial charge is 0.475 e. The molecule has 0 unspecified atom stereocenters. The molecule has 1 heterocycles. The first-order valence-electron chi connectivity index (χ1n) is 7.48. The highest BCUT2D eigenvalue weighted by Crippen LogP contribution is 2.25. The summed E-state index contributed by atoms with van der Waals surface area (Å²) in [6, 6.07) is 7.22. The van der Waals surface area contributed by atoms with Crippen LogP contribution < -0.4 is 10.0 Å². The molecule has 9 heteroatoms. The Morgan fingerprint density at radius 2 is 1.76 bits per heavy atom. The first-order chi connectivity index (χ1) is 11.7. The summed E-state index contributed by atoms with van der Waals surface area (Å²) < 4.78 is 31.2. The zero-order valence-corrected chi connectivity index (χ0v) is 14.5. The molecule has 2 rings (SSSR count). The number of carboxylic acids is 1. The Bertz CT molecular complexity index is 901. The van der Waals surface area contributed by atoms with Crippen LogP contribution in [0.3, 0.4) is 0 Å². The number of carbonyl (C=O) groups excluding carboxylic acids is 1. The van der Waals surface area contributed by atoms with Crippen LogP contribution in [0.5, 0.6) is 0 Å². The summed E-state index contributed by atoms with van der Waals surface area (Å²) >= 11 is 0. The van der Waals surface area contributed by atoms with Gasteiger partial charge in [-0.15, -0.1) is 0 Å².